The second-order valence-electron chi connectivity index (χ2n) is 2.44. The molecule has 4 nitrogen and oxygen atoms in total. The van der Waals surface area contributed by atoms with Crippen molar-refractivity contribution in [2.75, 3.05) is 11.6 Å². The zero-order valence-corrected chi connectivity index (χ0v) is 5.90. The molecule has 0 unspecified atom stereocenters. The largest absolute Gasteiger partial charge is 0.237 e. The lowest BCUT2D eigenvalue weighted by Crippen LogP contribution is -2.11. The summed E-state index contributed by atoms with van der Waals surface area (Å²) in [6.07, 6.45) is 2.54. The Morgan fingerprint density at radius 1 is 1.64 bits per heavy atom. The normalized spacial score (nSPS) is 14.7. The van der Waals surface area contributed by atoms with Crippen molar-refractivity contribution in [3.8, 4) is 0 Å². The molecular formula is C7H7N3O. The van der Waals surface area contributed by atoms with E-state index in [0.717, 1.165) is 12.0 Å². The first-order valence-electron chi connectivity index (χ1n) is 3.46. The van der Waals surface area contributed by atoms with Gasteiger partial charge in [0, 0.05) is 6.20 Å². The van der Waals surface area contributed by atoms with E-state index in [0.29, 0.717) is 12.4 Å². The number of anilines is 1. The SMILES string of the molecule is O=NN1CCc2cccnc21. The number of pyridine rings is 1. The van der Waals surface area contributed by atoms with Gasteiger partial charge in [0.05, 0.1) is 11.8 Å². The zero-order chi connectivity index (χ0) is 7.68. The third-order valence-corrected chi connectivity index (χ3v) is 1.80. The van der Waals surface area contributed by atoms with E-state index in [2.05, 4.69) is 10.3 Å². The molecule has 0 bridgehead atoms. The monoisotopic (exact) mass is 149 g/mol. The molecule has 0 spiro atoms. The Labute approximate surface area is 63.8 Å². The van der Waals surface area contributed by atoms with Crippen LogP contribution < -0.4 is 5.01 Å². The summed E-state index contributed by atoms with van der Waals surface area (Å²) in [6, 6.07) is 3.83. The average molecular weight is 149 g/mol. The van der Waals surface area contributed by atoms with Crippen LogP contribution >= 0.6 is 0 Å². The van der Waals surface area contributed by atoms with Crippen molar-refractivity contribution >= 4 is 5.82 Å². The number of aromatic nitrogens is 1. The lowest BCUT2D eigenvalue weighted by molar-refractivity contribution is 0.874. The number of rotatable bonds is 1. The highest BCUT2D eigenvalue weighted by Crippen LogP contribution is 2.24. The molecule has 0 aliphatic carbocycles. The van der Waals surface area contributed by atoms with Gasteiger partial charge in [0.15, 0.2) is 5.82 Å². The lowest BCUT2D eigenvalue weighted by atomic mass is 10.2. The third-order valence-electron chi connectivity index (χ3n) is 1.80. The van der Waals surface area contributed by atoms with E-state index < -0.39 is 0 Å². The first-order valence-corrected chi connectivity index (χ1v) is 3.46. The fraction of sp³-hybridized carbons (Fsp3) is 0.286. The molecule has 0 atom stereocenters. The van der Waals surface area contributed by atoms with E-state index in [-0.39, 0.29) is 0 Å². The van der Waals surface area contributed by atoms with Gasteiger partial charge in [-0.2, -0.15) is 0 Å². The molecule has 4 heteroatoms. The van der Waals surface area contributed by atoms with Gasteiger partial charge in [-0.05, 0) is 18.1 Å². The summed E-state index contributed by atoms with van der Waals surface area (Å²) in [5, 5.41) is 4.23. The molecule has 2 heterocycles. The predicted octanol–water partition coefficient (Wildman–Crippen LogP) is 1.13. The lowest BCUT2D eigenvalue weighted by Gasteiger charge is -2.04. The van der Waals surface area contributed by atoms with E-state index in [1.165, 1.54) is 5.01 Å². The van der Waals surface area contributed by atoms with Crippen molar-refractivity contribution in [2.45, 2.75) is 6.42 Å². The maximum atomic E-state index is 10.2. The number of fused-ring (bicyclic) bond motifs is 1. The summed E-state index contributed by atoms with van der Waals surface area (Å²) in [4.78, 5) is 14.2. The molecule has 0 saturated heterocycles. The highest BCUT2D eigenvalue weighted by molar-refractivity contribution is 5.50. The molecule has 2 rings (SSSR count). The molecule has 11 heavy (non-hydrogen) atoms. The van der Waals surface area contributed by atoms with Crippen LogP contribution in [0.4, 0.5) is 5.82 Å². The summed E-state index contributed by atoms with van der Waals surface area (Å²) < 4.78 is 0. The summed E-state index contributed by atoms with van der Waals surface area (Å²) in [6.45, 7) is 0.663. The minimum atomic E-state index is 0.663. The first kappa shape index (κ1) is 6.27. The van der Waals surface area contributed by atoms with Gasteiger partial charge in [0.25, 0.3) is 0 Å². The van der Waals surface area contributed by atoms with Crippen LogP contribution in [0.2, 0.25) is 0 Å². The van der Waals surface area contributed by atoms with Gasteiger partial charge in [0.2, 0.25) is 0 Å². The van der Waals surface area contributed by atoms with Gasteiger partial charge < -0.3 is 0 Å². The summed E-state index contributed by atoms with van der Waals surface area (Å²) in [5.74, 6) is 0.711. The Kier molecular flexibility index (Phi) is 1.31. The second-order valence-corrected chi connectivity index (χ2v) is 2.44. The Hall–Kier alpha value is -1.45. The van der Waals surface area contributed by atoms with Gasteiger partial charge in [-0.15, -0.1) is 4.91 Å². The molecule has 1 aromatic heterocycles. The Balaban J connectivity index is 2.46. The van der Waals surface area contributed by atoms with Crippen LogP contribution in [0, 0.1) is 4.91 Å². The molecular weight excluding hydrogens is 142 g/mol. The van der Waals surface area contributed by atoms with Crippen molar-refractivity contribution in [1.82, 2.24) is 4.98 Å². The van der Waals surface area contributed by atoms with Crippen LogP contribution in [0.15, 0.2) is 23.6 Å². The Morgan fingerprint density at radius 3 is 3.36 bits per heavy atom. The van der Waals surface area contributed by atoms with Gasteiger partial charge in [0.1, 0.15) is 0 Å². The zero-order valence-electron chi connectivity index (χ0n) is 5.90. The molecule has 0 N–H and O–H groups in total. The van der Waals surface area contributed by atoms with Gasteiger partial charge in [-0.1, -0.05) is 6.07 Å². The molecule has 0 amide bonds. The predicted molar refractivity (Wildman–Crippen MR) is 41.1 cm³/mol. The minimum Gasteiger partial charge on any atom is -0.237 e. The van der Waals surface area contributed by atoms with Crippen LogP contribution in [0.1, 0.15) is 5.56 Å². The van der Waals surface area contributed by atoms with Crippen molar-refractivity contribution in [3.05, 3.63) is 28.8 Å². The number of nitrogens with zero attached hydrogens (tertiary/aromatic N) is 3. The maximum Gasteiger partial charge on any atom is 0.154 e. The second kappa shape index (κ2) is 2.30. The topological polar surface area (TPSA) is 45.6 Å². The fourth-order valence-corrected chi connectivity index (χ4v) is 1.27. The summed E-state index contributed by atoms with van der Waals surface area (Å²) in [5.41, 5.74) is 1.10. The molecule has 0 saturated carbocycles. The van der Waals surface area contributed by atoms with Crippen LogP contribution in [0.5, 0.6) is 0 Å². The number of nitroso groups, excluding NO2 is 1. The van der Waals surface area contributed by atoms with Crippen molar-refractivity contribution in [2.24, 2.45) is 5.29 Å². The molecule has 1 aromatic rings. The van der Waals surface area contributed by atoms with Crippen LogP contribution in [-0.2, 0) is 6.42 Å². The van der Waals surface area contributed by atoms with Crippen LogP contribution in [0.25, 0.3) is 0 Å². The van der Waals surface area contributed by atoms with Crippen LogP contribution in [-0.4, -0.2) is 11.5 Å². The molecule has 56 valence electrons. The Morgan fingerprint density at radius 2 is 2.55 bits per heavy atom. The third kappa shape index (κ3) is 0.869. The molecule has 0 fully saturated rings. The van der Waals surface area contributed by atoms with Crippen molar-refractivity contribution in [3.63, 3.8) is 0 Å². The highest BCUT2D eigenvalue weighted by atomic mass is 16.3. The van der Waals surface area contributed by atoms with E-state index in [4.69, 9.17) is 0 Å². The molecule has 1 aliphatic rings. The highest BCUT2D eigenvalue weighted by Gasteiger charge is 2.19. The molecule has 1 aliphatic heterocycles. The number of hydrogen-bond donors (Lipinski definition) is 0. The summed E-state index contributed by atoms with van der Waals surface area (Å²) in [7, 11) is 0. The van der Waals surface area contributed by atoms with Crippen molar-refractivity contribution in [1.29, 1.82) is 0 Å². The molecule has 0 aromatic carbocycles. The van der Waals surface area contributed by atoms with Crippen LogP contribution in [0.3, 0.4) is 0 Å². The maximum absolute atomic E-state index is 10.2. The molecule has 0 radical (unpaired) electrons. The Bertz CT molecular complexity index is 287. The van der Waals surface area contributed by atoms with Gasteiger partial charge >= 0.3 is 0 Å². The van der Waals surface area contributed by atoms with Gasteiger partial charge in [-0.3, -0.25) is 0 Å². The average Bonchev–Trinajstić information content (AvgIpc) is 2.47. The van der Waals surface area contributed by atoms with E-state index in [1.807, 2.05) is 12.1 Å². The van der Waals surface area contributed by atoms with Crippen molar-refractivity contribution < 1.29 is 0 Å². The minimum absolute atomic E-state index is 0.663. The fourth-order valence-electron chi connectivity index (χ4n) is 1.27. The van der Waals surface area contributed by atoms with E-state index >= 15 is 0 Å². The standard InChI is InChI=1S/C7H7N3O/c11-9-10-5-3-6-2-1-4-8-7(6)10/h1-2,4H,3,5H2. The van der Waals surface area contributed by atoms with E-state index in [1.54, 1.807) is 6.20 Å². The number of hydrogen-bond acceptors (Lipinski definition) is 3. The quantitative estimate of drug-likeness (QED) is 0.562. The van der Waals surface area contributed by atoms with E-state index in [9.17, 15) is 4.91 Å². The van der Waals surface area contributed by atoms with Gasteiger partial charge in [-0.25, -0.2) is 9.99 Å². The smallest absolute Gasteiger partial charge is 0.154 e. The summed E-state index contributed by atoms with van der Waals surface area (Å²) >= 11 is 0. The first-order chi connectivity index (χ1) is 5.42.